The van der Waals surface area contributed by atoms with Crippen LogP contribution < -0.4 is 15.8 Å². The molecule has 0 saturated heterocycles. The number of nitrogens with two attached hydrogens (primary N) is 1. The number of phenolic OH excluding ortho intramolecular Hbond substituents is 1. The Morgan fingerprint density at radius 2 is 1.70 bits per heavy atom. The predicted octanol–water partition coefficient (Wildman–Crippen LogP) is 3.22. The van der Waals surface area contributed by atoms with Crippen molar-refractivity contribution in [2.75, 3.05) is 5.32 Å². The van der Waals surface area contributed by atoms with E-state index in [1.54, 1.807) is 12.1 Å². The summed E-state index contributed by atoms with van der Waals surface area (Å²) in [6, 6.07) is 11.6. The maximum Gasteiger partial charge on any atom is 0.573 e. The third-order valence-corrected chi connectivity index (χ3v) is 2.73. The minimum atomic E-state index is -4.72. The van der Waals surface area contributed by atoms with Crippen molar-refractivity contribution in [1.29, 1.82) is 0 Å². The largest absolute Gasteiger partial charge is 0.573 e. The number of halogens is 3. The first kappa shape index (κ1) is 16.5. The van der Waals surface area contributed by atoms with Crippen molar-refractivity contribution in [3.05, 3.63) is 54.1 Å². The Kier molecular flexibility index (Phi) is 4.95. The number of aliphatic imine (C=N–C) groups is 1. The highest BCUT2D eigenvalue weighted by molar-refractivity contribution is 5.92. The lowest BCUT2D eigenvalue weighted by molar-refractivity contribution is -0.274. The standard InChI is InChI=1S/C15H14F3N3O2/c16-15(17,18)23-13-7-3-11(4-8-13)21-14(19)20-9-10-1-5-12(22)6-2-10/h1-8,22H,9H2,(H3,19,20,21). The van der Waals surface area contributed by atoms with Crippen molar-refractivity contribution in [3.8, 4) is 11.5 Å². The molecule has 2 aromatic carbocycles. The molecule has 5 nitrogen and oxygen atoms in total. The normalized spacial score (nSPS) is 12.0. The summed E-state index contributed by atoms with van der Waals surface area (Å²) in [5.74, 6) is -0.0461. The fourth-order valence-corrected chi connectivity index (χ4v) is 1.71. The molecule has 0 spiro atoms. The first-order valence-corrected chi connectivity index (χ1v) is 6.52. The molecule has 2 aromatic rings. The van der Waals surface area contributed by atoms with Crippen LogP contribution in [0.4, 0.5) is 18.9 Å². The van der Waals surface area contributed by atoms with Crippen LogP contribution in [0.3, 0.4) is 0 Å². The molecule has 0 fully saturated rings. The molecule has 0 heterocycles. The number of hydrogen-bond donors (Lipinski definition) is 3. The van der Waals surface area contributed by atoms with E-state index in [1.165, 1.54) is 36.4 Å². The summed E-state index contributed by atoms with van der Waals surface area (Å²) < 4.78 is 39.9. The summed E-state index contributed by atoms with van der Waals surface area (Å²) in [4.78, 5) is 4.09. The molecule has 4 N–H and O–H groups in total. The molecular formula is C15H14F3N3O2. The molecule has 0 unspecified atom stereocenters. The smallest absolute Gasteiger partial charge is 0.508 e. The second-order valence-corrected chi connectivity index (χ2v) is 4.57. The number of rotatable bonds is 4. The molecule has 23 heavy (non-hydrogen) atoms. The average Bonchev–Trinajstić information content (AvgIpc) is 2.47. The molecule has 0 bridgehead atoms. The molecular weight excluding hydrogens is 311 g/mol. The van der Waals surface area contributed by atoms with Crippen molar-refractivity contribution < 1.29 is 23.0 Å². The van der Waals surface area contributed by atoms with Gasteiger partial charge in [-0.05, 0) is 42.0 Å². The number of hydrogen-bond acceptors (Lipinski definition) is 3. The zero-order chi connectivity index (χ0) is 16.9. The van der Waals surface area contributed by atoms with Crippen LogP contribution in [-0.2, 0) is 6.54 Å². The molecule has 0 aliphatic carbocycles. The topological polar surface area (TPSA) is 79.9 Å². The van der Waals surface area contributed by atoms with Crippen molar-refractivity contribution in [1.82, 2.24) is 0 Å². The Hall–Kier alpha value is -2.90. The molecule has 2 rings (SSSR count). The first-order chi connectivity index (χ1) is 10.8. The number of benzene rings is 2. The first-order valence-electron chi connectivity index (χ1n) is 6.52. The van der Waals surface area contributed by atoms with Crippen LogP contribution in [0, 0.1) is 0 Å². The zero-order valence-corrected chi connectivity index (χ0v) is 11.8. The van der Waals surface area contributed by atoms with E-state index in [0.29, 0.717) is 12.2 Å². The van der Waals surface area contributed by atoms with Gasteiger partial charge in [-0.25, -0.2) is 4.99 Å². The molecule has 0 atom stereocenters. The van der Waals surface area contributed by atoms with Gasteiger partial charge in [0, 0.05) is 5.69 Å². The number of aromatic hydroxyl groups is 1. The lowest BCUT2D eigenvalue weighted by Gasteiger charge is -2.10. The van der Waals surface area contributed by atoms with Gasteiger partial charge in [-0.15, -0.1) is 13.2 Å². The summed E-state index contributed by atoms with van der Waals surface area (Å²) in [6.45, 7) is 0.300. The number of phenols is 1. The fourth-order valence-electron chi connectivity index (χ4n) is 1.71. The highest BCUT2D eigenvalue weighted by Gasteiger charge is 2.30. The number of nitrogens with one attached hydrogen (secondary N) is 1. The van der Waals surface area contributed by atoms with Gasteiger partial charge < -0.3 is 20.9 Å². The van der Waals surface area contributed by atoms with Crippen LogP contribution in [0.25, 0.3) is 0 Å². The van der Waals surface area contributed by atoms with Gasteiger partial charge in [0.05, 0.1) is 6.54 Å². The van der Waals surface area contributed by atoms with Crippen molar-refractivity contribution >= 4 is 11.6 Å². The van der Waals surface area contributed by atoms with Crippen molar-refractivity contribution in [2.24, 2.45) is 10.7 Å². The van der Waals surface area contributed by atoms with Gasteiger partial charge in [0.1, 0.15) is 11.5 Å². The van der Waals surface area contributed by atoms with E-state index >= 15 is 0 Å². The van der Waals surface area contributed by atoms with E-state index in [-0.39, 0.29) is 17.5 Å². The number of nitrogens with zero attached hydrogens (tertiary/aromatic N) is 1. The fraction of sp³-hybridized carbons (Fsp3) is 0.133. The van der Waals surface area contributed by atoms with Gasteiger partial charge in [0.15, 0.2) is 5.96 Å². The van der Waals surface area contributed by atoms with Crippen molar-refractivity contribution in [3.63, 3.8) is 0 Å². The highest BCUT2D eigenvalue weighted by atomic mass is 19.4. The minimum absolute atomic E-state index is 0.113. The SMILES string of the molecule is NC(=NCc1ccc(O)cc1)Nc1ccc(OC(F)(F)F)cc1. The second-order valence-electron chi connectivity index (χ2n) is 4.57. The van der Waals surface area contributed by atoms with Crippen molar-refractivity contribution in [2.45, 2.75) is 12.9 Å². The summed E-state index contributed by atoms with van der Waals surface area (Å²) >= 11 is 0. The quantitative estimate of drug-likeness (QED) is 0.596. The van der Waals surface area contributed by atoms with E-state index in [2.05, 4.69) is 15.0 Å². The summed E-state index contributed by atoms with van der Waals surface area (Å²) in [5, 5.41) is 11.9. The Labute approximate surface area is 130 Å². The van der Waals surface area contributed by atoms with Gasteiger partial charge in [-0.1, -0.05) is 12.1 Å². The van der Waals surface area contributed by atoms with Crippen LogP contribution in [0.2, 0.25) is 0 Å². The summed E-state index contributed by atoms with van der Waals surface area (Å²) in [7, 11) is 0. The van der Waals surface area contributed by atoms with Crippen LogP contribution in [0.15, 0.2) is 53.5 Å². The van der Waals surface area contributed by atoms with Gasteiger partial charge in [-0.3, -0.25) is 0 Å². The van der Waals surface area contributed by atoms with E-state index < -0.39 is 6.36 Å². The maximum absolute atomic E-state index is 12.0. The van der Waals surface area contributed by atoms with Gasteiger partial charge in [0.2, 0.25) is 0 Å². The van der Waals surface area contributed by atoms with Crippen LogP contribution in [-0.4, -0.2) is 17.4 Å². The number of guanidine groups is 1. The Bertz CT molecular complexity index is 668. The number of anilines is 1. The Morgan fingerprint density at radius 3 is 2.26 bits per heavy atom. The van der Waals surface area contributed by atoms with E-state index in [1.807, 2.05) is 0 Å². The molecule has 0 aliphatic heterocycles. The molecule has 0 amide bonds. The Morgan fingerprint density at radius 1 is 1.09 bits per heavy atom. The van der Waals surface area contributed by atoms with Gasteiger partial charge >= 0.3 is 6.36 Å². The van der Waals surface area contributed by atoms with Crippen LogP contribution >= 0.6 is 0 Å². The molecule has 0 saturated carbocycles. The Balaban J connectivity index is 1.92. The minimum Gasteiger partial charge on any atom is -0.508 e. The van der Waals surface area contributed by atoms with Gasteiger partial charge in [0.25, 0.3) is 0 Å². The molecule has 0 aliphatic rings. The predicted molar refractivity (Wildman–Crippen MR) is 80.2 cm³/mol. The molecule has 0 radical (unpaired) electrons. The van der Waals surface area contributed by atoms with E-state index in [9.17, 15) is 13.2 Å². The molecule has 122 valence electrons. The number of alkyl halides is 3. The third kappa shape index (κ3) is 5.77. The van der Waals surface area contributed by atoms with Crippen LogP contribution in [0.1, 0.15) is 5.56 Å². The lowest BCUT2D eigenvalue weighted by Crippen LogP contribution is -2.22. The molecule has 0 aromatic heterocycles. The third-order valence-electron chi connectivity index (χ3n) is 2.73. The lowest BCUT2D eigenvalue weighted by atomic mass is 10.2. The maximum atomic E-state index is 12.0. The second kappa shape index (κ2) is 6.91. The van der Waals surface area contributed by atoms with E-state index in [0.717, 1.165) is 5.56 Å². The zero-order valence-electron chi connectivity index (χ0n) is 11.8. The van der Waals surface area contributed by atoms with Crippen LogP contribution in [0.5, 0.6) is 11.5 Å². The molecule has 8 heteroatoms. The monoisotopic (exact) mass is 325 g/mol. The summed E-state index contributed by atoms with van der Waals surface area (Å²) in [5.41, 5.74) is 7.03. The highest BCUT2D eigenvalue weighted by Crippen LogP contribution is 2.23. The van der Waals surface area contributed by atoms with E-state index in [4.69, 9.17) is 10.8 Å². The average molecular weight is 325 g/mol. The summed E-state index contributed by atoms with van der Waals surface area (Å²) in [6.07, 6.45) is -4.72. The number of ether oxygens (including phenoxy) is 1. The van der Waals surface area contributed by atoms with Gasteiger partial charge in [-0.2, -0.15) is 0 Å².